The Balaban J connectivity index is 0.0000160. The maximum Gasteiger partial charge on any atom is 0.508 e. The minimum atomic E-state index is -0.820. The van der Waals surface area contributed by atoms with Gasteiger partial charge in [0.2, 0.25) is 5.51 Å². The van der Waals surface area contributed by atoms with Gasteiger partial charge in [-0.2, -0.15) is 4.57 Å². The van der Waals surface area contributed by atoms with Crippen molar-refractivity contribution in [3.63, 3.8) is 0 Å². The second-order valence-corrected chi connectivity index (χ2v) is 11.3. The first-order chi connectivity index (χ1) is 19.7. The van der Waals surface area contributed by atoms with Gasteiger partial charge in [0.05, 0.1) is 19.1 Å². The lowest BCUT2D eigenvalue weighted by atomic mass is 10.0. The third-order valence-electron chi connectivity index (χ3n) is 6.92. The summed E-state index contributed by atoms with van der Waals surface area (Å²) in [5, 5.41) is 4.82. The molecule has 0 aliphatic rings. The number of rotatable bonds is 27. The van der Waals surface area contributed by atoms with E-state index in [9.17, 15) is 9.59 Å². The molecule has 0 spiro atoms. The molecule has 1 rings (SSSR count). The molecule has 1 N–H and O–H groups in total. The normalized spacial score (nSPS) is 11.5. The monoisotopic (exact) mass is 712 g/mol. The highest BCUT2D eigenvalue weighted by molar-refractivity contribution is 7.07. The molecule has 41 heavy (non-hydrogen) atoms. The minimum Gasteiger partial charge on any atom is -1.00 e. The lowest BCUT2D eigenvalue weighted by Gasteiger charge is -2.17. The van der Waals surface area contributed by atoms with Crippen LogP contribution in [0.1, 0.15) is 122 Å². The average Bonchev–Trinajstić information content (AvgIpc) is 3.48. The van der Waals surface area contributed by atoms with Gasteiger partial charge in [-0.1, -0.05) is 115 Å². The summed E-state index contributed by atoms with van der Waals surface area (Å²) in [6.45, 7) is 4.40. The molecule has 1 aromatic rings. The van der Waals surface area contributed by atoms with Crippen LogP contribution in [0.15, 0.2) is 17.1 Å². The van der Waals surface area contributed by atoms with E-state index in [0.29, 0.717) is 13.2 Å². The van der Waals surface area contributed by atoms with E-state index >= 15 is 0 Å². The third kappa shape index (κ3) is 26.2. The zero-order valence-electron chi connectivity index (χ0n) is 25.8. The van der Waals surface area contributed by atoms with Crippen molar-refractivity contribution in [2.24, 2.45) is 0 Å². The average molecular weight is 713 g/mol. The van der Waals surface area contributed by atoms with Crippen molar-refractivity contribution in [2.45, 2.75) is 135 Å². The van der Waals surface area contributed by atoms with Crippen LogP contribution in [0.25, 0.3) is 0 Å². The summed E-state index contributed by atoms with van der Waals surface area (Å²) < 4.78 is 22.7. The second-order valence-electron chi connectivity index (χ2n) is 10.6. The van der Waals surface area contributed by atoms with Crippen LogP contribution in [-0.4, -0.2) is 51.8 Å². The molecule has 1 unspecified atom stereocenters. The molecule has 1 aromatic heterocycles. The summed E-state index contributed by atoms with van der Waals surface area (Å²) in [4.78, 5) is 23.6. The van der Waals surface area contributed by atoms with Crippen LogP contribution in [0.5, 0.6) is 0 Å². The van der Waals surface area contributed by atoms with E-state index < -0.39 is 18.4 Å². The Morgan fingerprint density at radius 1 is 0.805 bits per heavy atom. The zero-order valence-corrected chi connectivity index (χ0v) is 28.7. The number of nitrogens with zero attached hydrogens (tertiary/aromatic N) is 1. The van der Waals surface area contributed by atoms with Gasteiger partial charge < -0.3 is 48.2 Å². The van der Waals surface area contributed by atoms with E-state index in [0.717, 1.165) is 32.2 Å². The number of alkyl carbamates (subject to hydrolysis) is 1. The number of hydrogen-bond donors (Lipinski definition) is 1. The number of carbonyl (C=O) groups excluding carboxylic acids is 2. The maximum absolute atomic E-state index is 12.0. The Kier molecular flexibility index (Phi) is 29.5. The molecule has 0 bridgehead atoms. The largest absolute Gasteiger partial charge is 1.00 e. The first kappa shape index (κ1) is 39.9. The summed E-state index contributed by atoms with van der Waals surface area (Å²) in [5.74, 6) is 0. The smallest absolute Gasteiger partial charge is 0.508 e. The number of methoxy groups -OCH3 is 1. The molecule has 1 amide bonds. The van der Waals surface area contributed by atoms with Gasteiger partial charge in [0.1, 0.15) is 13.2 Å². The van der Waals surface area contributed by atoms with Crippen molar-refractivity contribution in [3.8, 4) is 0 Å². The van der Waals surface area contributed by atoms with Crippen molar-refractivity contribution in [2.75, 3.05) is 33.5 Å². The first-order valence-electron chi connectivity index (χ1n) is 15.8. The summed E-state index contributed by atoms with van der Waals surface area (Å²) >= 11 is 1.67. The van der Waals surface area contributed by atoms with Crippen molar-refractivity contribution < 1.29 is 57.1 Å². The fourth-order valence-electron chi connectivity index (χ4n) is 4.49. The van der Waals surface area contributed by atoms with Crippen LogP contribution in [0.2, 0.25) is 0 Å². The van der Waals surface area contributed by atoms with Gasteiger partial charge in [0.25, 0.3) is 0 Å². The predicted molar refractivity (Wildman–Crippen MR) is 161 cm³/mol. The van der Waals surface area contributed by atoms with E-state index in [4.69, 9.17) is 14.2 Å². The SMILES string of the molecule is CCCCCCCCCCCCCCCCCCNC(=O)OCC(COCCCC[n+]1ccsc1)OC(=O)OC.[I-]. The standard InChI is InChI=1S/C31H56N2O6S.HI/c1-3-4-5-6-7-8-9-10-11-12-13-14-15-16-17-18-21-32-30(34)38-27-29(39-31(35)36-2)26-37-24-20-19-22-33-23-25-40-28-33;/h23,25,28-29H,3-22,24,26-27H2,1-2H3;1H. The molecule has 8 nitrogen and oxygen atoms in total. The fourth-order valence-corrected chi connectivity index (χ4v) is 5.11. The van der Waals surface area contributed by atoms with Gasteiger partial charge in [0.15, 0.2) is 12.3 Å². The Labute approximate surface area is 270 Å². The van der Waals surface area contributed by atoms with Gasteiger partial charge in [0, 0.05) is 19.6 Å². The zero-order chi connectivity index (χ0) is 28.9. The van der Waals surface area contributed by atoms with Crippen LogP contribution in [-0.2, 0) is 25.5 Å². The highest BCUT2D eigenvalue weighted by atomic mass is 127. The second kappa shape index (κ2) is 30.3. The molecule has 0 aliphatic carbocycles. The van der Waals surface area contributed by atoms with Crippen LogP contribution >= 0.6 is 11.3 Å². The number of hydrogen-bond acceptors (Lipinski definition) is 7. The summed E-state index contributed by atoms with van der Waals surface area (Å²) in [7, 11) is 1.24. The van der Waals surface area contributed by atoms with Crippen molar-refractivity contribution >= 4 is 23.6 Å². The van der Waals surface area contributed by atoms with Crippen LogP contribution in [0.4, 0.5) is 9.59 Å². The molecular weight excluding hydrogens is 655 g/mol. The number of thiazole rings is 1. The molecule has 0 radical (unpaired) electrons. The molecule has 0 saturated carbocycles. The highest BCUT2D eigenvalue weighted by Crippen LogP contribution is 2.13. The number of aromatic nitrogens is 1. The molecule has 10 heteroatoms. The third-order valence-corrected chi connectivity index (χ3v) is 7.59. The van der Waals surface area contributed by atoms with Gasteiger partial charge in [-0.15, -0.1) is 0 Å². The quantitative estimate of drug-likeness (QED) is 0.0600. The lowest BCUT2D eigenvalue weighted by Crippen LogP contribution is -3.00. The molecule has 0 fully saturated rings. The van der Waals surface area contributed by atoms with Crippen molar-refractivity contribution in [1.29, 1.82) is 0 Å². The van der Waals surface area contributed by atoms with Crippen LogP contribution < -0.4 is 33.9 Å². The number of carbonyl (C=O) groups is 2. The molecule has 1 heterocycles. The van der Waals surface area contributed by atoms with Crippen LogP contribution in [0.3, 0.4) is 0 Å². The van der Waals surface area contributed by atoms with E-state index in [1.807, 2.05) is 5.38 Å². The molecule has 0 aromatic carbocycles. The predicted octanol–water partition coefficient (Wildman–Crippen LogP) is 4.98. The van der Waals surface area contributed by atoms with E-state index in [-0.39, 0.29) is 37.2 Å². The van der Waals surface area contributed by atoms with E-state index in [2.05, 4.69) is 33.3 Å². The Bertz CT molecular complexity index is 711. The number of unbranched alkanes of at least 4 members (excludes halogenated alkanes) is 16. The van der Waals surface area contributed by atoms with Gasteiger partial charge in [-0.3, -0.25) is 0 Å². The first-order valence-corrected chi connectivity index (χ1v) is 16.7. The molecule has 1 atom stereocenters. The number of nitrogens with one attached hydrogen (secondary N) is 1. The molecule has 0 saturated heterocycles. The number of amides is 1. The minimum absolute atomic E-state index is 0. The number of ether oxygens (including phenoxy) is 4. The Hall–Kier alpha value is -1.14. The molecule has 0 aliphatic heterocycles. The summed E-state index contributed by atoms with van der Waals surface area (Å²) in [6, 6.07) is 0. The number of aryl methyl sites for hydroxylation is 1. The Morgan fingerprint density at radius 2 is 1.39 bits per heavy atom. The van der Waals surface area contributed by atoms with Gasteiger partial charge in [-0.25, -0.2) is 9.59 Å². The van der Waals surface area contributed by atoms with E-state index in [1.165, 1.54) is 97.0 Å². The number of halogens is 1. The van der Waals surface area contributed by atoms with Crippen molar-refractivity contribution in [3.05, 3.63) is 17.1 Å². The topological polar surface area (TPSA) is 87.0 Å². The van der Waals surface area contributed by atoms with Gasteiger partial charge >= 0.3 is 12.2 Å². The summed E-state index contributed by atoms with van der Waals surface area (Å²) in [6.07, 6.45) is 23.0. The summed E-state index contributed by atoms with van der Waals surface area (Å²) in [5.41, 5.74) is 2.07. The van der Waals surface area contributed by atoms with E-state index in [1.54, 1.807) is 11.3 Å². The van der Waals surface area contributed by atoms with Crippen LogP contribution in [0, 0.1) is 0 Å². The molecular formula is C31H57IN2O6S. The van der Waals surface area contributed by atoms with Crippen molar-refractivity contribution in [1.82, 2.24) is 5.32 Å². The highest BCUT2D eigenvalue weighted by Gasteiger charge is 2.18. The fraction of sp³-hybridized carbons (Fsp3) is 0.839. The molecule has 240 valence electrons. The van der Waals surface area contributed by atoms with Gasteiger partial charge in [-0.05, 0) is 12.8 Å². The lowest BCUT2D eigenvalue weighted by molar-refractivity contribution is -0.692. The Morgan fingerprint density at radius 3 is 1.93 bits per heavy atom. The maximum atomic E-state index is 12.0.